The molecule has 60 heavy (non-hydrogen) atoms. The van der Waals surface area contributed by atoms with Gasteiger partial charge in [0.15, 0.2) is 0 Å². The number of aryl methyl sites for hydroxylation is 6. The van der Waals surface area contributed by atoms with E-state index in [4.69, 9.17) is 28.9 Å². The minimum Gasteiger partial charge on any atom is -0.463 e. The molecular formula is C48H70N4O6S2. The number of esters is 2. The number of unbranched alkanes of at least 4 members (excludes halogenated alkanes) is 7. The highest BCUT2D eigenvalue weighted by Gasteiger charge is 2.21. The average molecular weight is 863 g/mol. The van der Waals surface area contributed by atoms with Gasteiger partial charge in [-0.2, -0.15) is 0 Å². The molecule has 0 atom stereocenters. The van der Waals surface area contributed by atoms with Crippen molar-refractivity contribution in [2.24, 2.45) is 0 Å². The molecule has 4 aromatic rings. The van der Waals surface area contributed by atoms with Crippen LogP contribution >= 0.6 is 23.5 Å². The van der Waals surface area contributed by atoms with E-state index < -0.39 is 0 Å². The fourth-order valence-electron chi connectivity index (χ4n) is 7.10. The van der Waals surface area contributed by atoms with Crippen LogP contribution in [0.15, 0.2) is 56.2 Å². The first-order valence-electron chi connectivity index (χ1n) is 21.8. The Morgan fingerprint density at radius 1 is 0.517 bits per heavy atom. The highest BCUT2D eigenvalue weighted by molar-refractivity contribution is 7.99. The lowest BCUT2D eigenvalue weighted by molar-refractivity contribution is -0.146. The molecule has 2 aromatic heterocycles. The van der Waals surface area contributed by atoms with Crippen molar-refractivity contribution in [1.29, 1.82) is 0 Å². The Labute approximate surface area is 368 Å². The second-order valence-corrected chi connectivity index (χ2v) is 18.7. The van der Waals surface area contributed by atoms with Crippen LogP contribution in [0, 0.1) is 41.5 Å². The molecule has 0 saturated carbocycles. The molecule has 0 unspecified atom stereocenters. The molecule has 330 valence electrons. The highest BCUT2D eigenvalue weighted by atomic mass is 32.2. The lowest BCUT2D eigenvalue weighted by Crippen LogP contribution is -2.13. The Hall–Kier alpha value is -3.58. The molecule has 12 heteroatoms. The fraction of sp³-hybridized carbons (Fsp3) is 0.583. The number of ether oxygens (including phenoxy) is 4. The van der Waals surface area contributed by atoms with E-state index >= 15 is 0 Å². The third-order valence-electron chi connectivity index (χ3n) is 10.1. The molecule has 0 spiro atoms. The predicted octanol–water partition coefficient (Wildman–Crippen LogP) is 12.1. The summed E-state index contributed by atoms with van der Waals surface area (Å²) in [5.41, 5.74) is 7.09. The Morgan fingerprint density at radius 2 is 0.850 bits per heavy atom. The van der Waals surface area contributed by atoms with Crippen LogP contribution in [-0.4, -0.2) is 57.5 Å². The summed E-state index contributed by atoms with van der Waals surface area (Å²) in [6, 6.07) is 13.2. The van der Waals surface area contributed by atoms with Crippen LogP contribution in [0.1, 0.15) is 149 Å². The average Bonchev–Trinajstić information content (AvgIpc) is 3.65. The zero-order valence-corrected chi connectivity index (χ0v) is 39.6. The molecule has 2 aromatic carbocycles. The van der Waals surface area contributed by atoms with Crippen LogP contribution in [-0.2, 0) is 42.0 Å². The Kier molecular flexibility index (Phi) is 20.8. The highest BCUT2D eigenvalue weighted by Crippen LogP contribution is 2.37. The van der Waals surface area contributed by atoms with Crippen LogP contribution in [0.4, 0.5) is 0 Å². The van der Waals surface area contributed by atoms with Gasteiger partial charge in [0.2, 0.25) is 0 Å². The van der Waals surface area contributed by atoms with Gasteiger partial charge >= 0.3 is 11.9 Å². The lowest BCUT2D eigenvalue weighted by Gasteiger charge is -2.14. The summed E-state index contributed by atoms with van der Waals surface area (Å²) >= 11 is 3.45. The number of rotatable bonds is 27. The van der Waals surface area contributed by atoms with Crippen molar-refractivity contribution in [3.8, 4) is 0 Å². The maximum atomic E-state index is 12.3. The number of hydrogen-bond donors (Lipinski definition) is 0. The molecule has 0 saturated heterocycles. The van der Waals surface area contributed by atoms with Crippen LogP contribution in [0.25, 0.3) is 0 Å². The molecule has 0 aliphatic heterocycles. The zero-order chi connectivity index (χ0) is 43.6. The fourth-order valence-corrected chi connectivity index (χ4v) is 9.89. The quantitative estimate of drug-likeness (QED) is 0.0425. The largest absolute Gasteiger partial charge is 0.463 e. The molecule has 0 N–H and O–H groups in total. The molecule has 2 heterocycles. The topological polar surface area (TPSA) is 107 Å². The number of aromatic nitrogens is 4. The molecule has 0 radical (unpaired) electrons. The normalized spacial score (nSPS) is 11.6. The van der Waals surface area contributed by atoms with Gasteiger partial charge in [-0.15, -0.1) is 0 Å². The van der Waals surface area contributed by atoms with Crippen molar-refractivity contribution >= 4 is 35.5 Å². The van der Waals surface area contributed by atoms with Gasteiger partial charge < -0.3 is 18.9 Å². The van der Waals surface area contributed by atoms with Gasteiger partial charge in [0.25, 0.3) is 0 Å². The van der Waals surface area contributed by atoms with Gasteiger partial charge in [-0.05, 0) is 113 Å². The summed E-state index contributed by atoms with van der Waals surface area (Å²) in [5.74, 6) is 2.06. The monoisotopic (exact) mass is 862 g/mol. The van der Waals surface area contributed by atoms with Crippen LogP contribution < -0.4 is 0 Å². The van der Waals surface area contributed by atoms with Crippen LogP contribution in [0.3, 0.4) is 0 Å². The first kappa shape index (κ1) is 49.1. The van der Waals surface area contributed by atoms with Crippen molar-refractivity contribution in [2.75, 3.05) is 26.4 Å². The van der Waals surface area contributed by atoms with E-state index in [1.807, 2.05) is 13.8 Å². The van der Waals surface area contributed by atoms with E-state index in [1.54, 1.807) is 23.5 Å². The first-order chi connectivity index (χ1) is 28.7. The number of carbonyl (C=O) groups is 2. The van der Waals surface area contributed by atoms with Crippen molar-refractivity contribution in [3.63, 3.8) is 0 Å². The van der Waals surface area contributed by atoms with Crippen LogP contribution in [0.5, 0.6) is 0 Å². The maximum absolute atomic E-state index is 12.3. The minimum atomic E-state index is -0.172. The van der Waals surface area contributed by atoms with E-state index in [0.29, 0.717) is 39.5 Å². The third kappa shape index (κ3) is 16.4. The van der Waals surface area contributed by atoms with E-state index in [9.17, 15) is 9.59 Å². The summed E-state index contributed by atoms with van der Waals surface area (Å²) < 4.78 is 27.0. The standard InChI is InChI=1S/C48H70N4O6S2/c1-33(2)45-47(59-41-27-35(5)25-36(6)28-41)51(39(9)49-45)31-55-21-23-57-43(53)19-17-15-13-11-12-14-16-18-20-44(54)58-24-22-56-32-52-40(10)50-46(34(3)4)48(52)60-42-29-37(7)26-38(8)30-42/h25-30,33-34H,11-24,31-32H2,1-10H3. The molecule has 0 amide bonds. The van der Waals surface area contributed by atoms with E-state index in [0.717, 1.165) is 84.5 Å². The van der Waals surface area contributed by atoms with E-state index in [1.165, 1.54) is 32.0 Å². The minimum absolute atomic E-state index is 0.172. The van der Waals surface area contributed by atoms with Gasteiger partial charge in [-0.3, -0.25) is 18.7 Å². The Bertz CT molecular complexity index is 1790. The van der Waals surface area contributed by atoms with Gasteiger partial charge in [0, 0.05) is 22.6 Å². The molecule has 0 aliphatic rings. The molecule has 4 rings (SSSR count). The first-order valence-corrected chi connectivity index (χ1v) is 23.5. The summed E-state index contributed by atoms with van der Waals surface area (Å²) in [7, 11) is 0. The molecule has 0 fully saturated rings. The number of benzene rings is 2. The SMILES string of the molecule is Cc1cc(C)cc(Sc2c(C(C)C)nc(C)n2COCCOC(=O)CCCCCCCCCCC(=O)OCCOCn2c(C)nc(C(C)C)c2Sc2cc(C)cc(C)c2)c1. The van der Waals surface area contributed by atoms with Gasteiger partial charge in [0.1, 0.15) is 48.4 Å². The second kappa shape index (κ2) is 25.4. The number of hydrogen-bond acceptors (Lipinski definition) is 10. The summed E-state index contributed by atoms with van der Waals surface area (Å²) in [6.45, 7) is 23.0. The van der Waals surface area contributed by atoms with Crippen LogP contribution in [0.2, 0.25) is 0 Å². The smallest absolute Gasteiger partial charge is 0.305 e. The van der Waals surface area contributed by atoms with Gasteiger partial charge in [0.05, 0.1) is 24.6 Å². The summed E-state index contributed by atoms with van der Waals surface area (Å²) in [6.07, 6.45) is 8.95. The molecule has 10 nitrogen and oxygen atoms in total. The molecule has 0 bridgehead atoms. The number of imidazole rings is 2. The molecular weight excluding hydrogens is 793 g/mol. The predicted molar refractivity (Wildman–Crippen MR) is 242 cm³/mol. The van der Waals surface area contributed by atoms with Crippen molar-refractivity contribution in [2.45, 2.75) is 179 Å². The zero-order valence-electron chi connectivity index (χ0n) is 38.0. The maximum Gasteiger partial charge on any atom is 0.305 e. The third-order valence-corrected chi connectivity index (χ3v) is 12.3. The lowest BCUT2D eigenvalue weighted by atomic mass is 10.1. The van der Waals surface area contributed by atoms with Crippen molar-refractivity contribution < 1.29 is 28.5 Å². The summed E-state index contributed by atoms with van der Waals surface area (Å²) in [5, 5.41) is 2.19. The number of carbonyl (C=O) groups excluding carboxylic acids is 2. The van der Waals surface area contributed by atoms with E-state index in [2.05, 4.69) is 101 Å². The summed E-state index contributed by atoms with van der Waals surface area (Å²) in [4.78, 5) is 36.7. The molecule has 0 aliphatic carbocycles. The van der Waals surface area contributed by atoms with Gasteiger partial charge in [-0.25, -0.2) is 9.97 Å². The van der Waals surface area contributed by atoms with E-state index in [-0.39, 0.29) is 37.0 Å². The number of nitrogens with zero attached hydrogens (tertiary/aromatic N) is 4. The second-order valence-electron chi connectivity index (χ2n) is 16.6. The van der Waals surface area contributed by atoms with Crippen molar-refractivity contribution in [1.82, 2.24) is 19.1 Å². The Morgan fingerprint density at radius 3 is 1.18 bits per heavy atom. The Balaban J connectivity index is 0.995. The van der Waals surface area contributed by atoms with Gasteiger partial charge in [-0.1, -0.05) is 102 Å². The van der Waals surface area contributed by atoms with Crippen molar-refractivity contribution in [3.05, 3.63) is 81.7 Å².